The van der Waals surface area contributed by atoms with Gasteiger partial charge in [-0.2, -0.15) is 0 Å². The topological polar surface area (TPSA) is 0 Å². The molecule has 3 aliphatic carbocycles. The molecule has 0 unspecified atom stereocenters. The van der Waals surface area contributed by atoms with Crippen LogP contribution >= 0.6 is 0 Å². The van der Waals surface area contributed by atoms with E-state index in [4.69, 9.17) is 0 Å². The van der Waals surface area contributed by atoms with E-state index >= 15 is 0 Å². The smallest absolute Gasteiger partial charge is 0.0109 e. The molecule has 0 amide bonds. The third kappa shape index (κ3) is 0.734. The van der Waals surface area contributed by atoms with Crippen LogP contribution in [0.3, 0.4) is 0 Å². The molecule has 64 valence electrons. The minimum Gasteiger partial charge on any atom is -0.0995 e. The molecule has 2 bridgehead atoms. The van der Waals surface area contributed by atoms with Gasteiger partial charge < -0.3 is 0 Å². The highest BCUT2D eigenvalue weighted by Crippen LogP contribution is 2.55. The Morgan fingerprint density at radius 2 is 2.08 bits per heavy atom. The Hall–Kier alpha value is -0.520. The monoisotopic (exact) mass is 160 g/mol. The fourth-order valence-electron chi connectivity index (χ4n) is 3.66. The third-order valence-corrected chi connectivity index (χ3v) is 4.13. The predicted molar refractivity (Wildman–Crippen MR) is 50.7 cm³/mol. The highest BCUT2D eigenvalue weighted by molar-refractivity contribution is 5.23. The van der Waals surface area contributed by atoms with Gasteiger partial charge in [0.15, 0.2) is 0 Å². The highest BCUT2D eigenvalue weighted by Gasteiger charge is 2.46. The minimum atomic E-state index is 0.882. The van der Waals surface area contributed by atoms with Gasteiger partial charge in [0.2, 0.25) is 0 Å². The van der Waals surface area contributed by atoms with Gasteiger partial charge in [0.05, 0.1) is 0 Å². The zero-order valence-corrected chi connectivity index (χ0v) is 7.50. The summed E-state index contributed by atoms with van der Waals surface area (Å²) < 4.78 is 0. The van der Waals surface area contributed by atoms with Gasteiger partial charge >= 0.3 is 0 Å². The Bertz CT molecular complexity index is 249. The molecular formula is C12H16. The number of rotatable bonds is 0. The summed E-state index contributed by atoms with van der Waals surface area (Å²) >= 11 is 0. The Kier molecular flexibility index (Phi) is 1.30. The van der Waals surface area contributed by atoms with E-state index in [1.54, 1.807) is 5.57 Å². The fourth-order valence-corrected chi connectivity index (χ4v) is 3.66. The van der Waals surface area contributed by atoms with Crippen molar-refractivity contribution >= 4 is 0 Å². The maximum Gasteiger partial charge on any atom is -0.0109 e. The molecule has 0 nitrogen and oxygen atoms in total. The van der Waals surface area contributed by atoms with Crippen molar-refractivity contribution < 1.29 is 0 Å². The standard InChI is InChI=1S/C12H16/c1-8-3-2-4-11-9-5-6-10(7-9)12(8)11/h5-6,9-12H,1-4,7H2/t9-,10+,11-,12+/m1/s1. The number of allylic oxidation sites excluding steroid dienone is 3. The molecular weight excluding hydrogens is 144 g/mol. The van der Waals surface area contributed by atoms with E-state index in [-0.39, 0.29) is 0 Å². The van der Waals surface area contributed by atoms with Gasteiger partial charge in [0, 0.05) is 0 Å². The molecule has 2 saturated carbocycles. The average molecular weight is 160 g/mol. The molecule has 0 aromatic rings. The lowest BCUT2D eigenvalue weighted by Gasteiger charge is -2.34. The second-order valence-corrected chi connectivity index (χ2v) is 4.69. The van der Waals surface area contributed by atoms with Crippen LogP contribution in [0.4, 0.5) is 0 Å². The lowest BCUT2D eigenvalue weighted by Crippen LogP contribution is -2.24. The molecule has 0 aromatic heterocycles. The van der Waals surface area contributed by atoms with Crippen LogP contribution in [0.5, 0.6) is 0 Å². The van der Waals surface area contributed by atoms with Crippen LogP contribution in [0.2, 0.25) is 0 Å². The summed E-state index contributed by atoms with van der Waals surface area (Å²) in [6.07, 6.45) is 10.5. The first kappa shape index (κ1) is 6.94. The molecule has 12 heavy (non-hydrogen) atoms. The van der Waals surface area contributed by atoms with Gasteiger partial charge in [-0.25, -0.2) is 0 Å². The van der Waals surface area contributed by atoms with Gasteiger partial charge in [-0.15, -0.1) is 0 Å². The summed E-state index contributed by atoms with van der Waals surface area (Å²) in [4.78, 5) is 0. The zero-order valence-electron chi connectivity index (χ0n) is 7.50. The van der Waals surface area contributed by atoms with Gasteiger partial charge in [0.1, 0.15) is 0 Å². The summed E-state index contributed by atoms with van der Waals surface area (Å²) in [5.41, 5.74) is 1.56. The number of hydrogen-bond acceptors (Lipinski definition) is 0. The number of fused-ring (bicyclic) bond motifs is 5. The summed E-state index contributed by atoms with van der Waals surface area (Å²) in [7, 11) is 0. The Labute approximate surface area is 74.4 Å². The highest BCUT2D eigenvalue weighted by atomic mass is 14.5. The van der Waals surface area contributed by atoms with Gasteiger partial charge in [-0.1, -0.05) is 24.3 Å². The van der Waals surface area contributed by atoms with Crippen LogP contribution in [-0.4, -0.2) is 0 Å². The molecule has 0 radical (unpaired) electrons. The Morgan fingerprint density at radius 1 is 1.25 bits per heavy atom. The molecule has 0 aliphatic heterocycles. The largest absolute Gasteiger partial charge is 0.0995 e. The van der Waals surface area contributed by atoms with Crippen molar-refractivity contribution in [3.8, 4) is 0 Å². The molecule has 0 saturated heterocycles. The molecule has 0 heterocycles. The first-order valence-electron chi connectivity index (χ1n) is 5.22. The predicted octanol–water partition coefficient (Wildman–Crippen LogP) is 3.16. The van der Waals surface area contributed by atoms with Crippen LogP contribution in [-0.2, 0) is 0 Å². The quantitative estimate of drug-likeness (QED) is 0.477. The van der Waals surface area contributed by atoms with Crippen LogP contribution in [0.25, 0.3) is 0 Å². The molecule has 4 atom stereocenters. The van der Waals surface area contributed by atoms with Crippen molar-refractivity contribution in [2.75, 3.05) is 0 Å². The lowest BCUT2D eigenvalue weighted by molar-refractivity contribution is 0.285. The minimum absolute atomic E-state index is 0.882. The van der Waals surface area contributed by atoms with Gasteiger partial charge in [-0.3, -0.25) is 0 Å². The average Bonchev–Trinajstić information content (AvgIpc) is 2.64. The van der Waals surface area contributed by atoms with Gasteiger partial charge in [0.25, 0.3) is 0 Å². The molecule has 0 spiro atoms. The van der Waals surface area contributed by atoms with E-state index in [1.807, 2.05) is 0 Å². The first-order valence-corrected chi connectivity index (χ1v) is 5.22. The first-order chi connectivity index (χ1) is 5.86. The summed E-state index contributed by atoms with van der Waals surface area (Å²) in [5.74, 6) is 3.68. The van der Waals surface area contributed by atoms with Crippen molar-refractivity contribution in [3.63, 3.8) is 0 Å². The van der Waals surface area contributed by atoms with E-state index in [0.29, 0.717) is 0 Å². The fraction of sp³-hybridized carbons (Fsp3) is 0.667. The normalized spacial score (nSPS) is 49.8. The van der Waals surface area contributed by atoms with E-state index in [0.717, 1.165) is 23.7 Å². The van der Waals surface area contributed by atoms with Crippen molar-refractivity contribution in [3.05, 3.63) is 24.3 Å². The Morgan fingerprint density at radius 3 is 2.92 bits per heavy atom. The Balaban J connectivity index is 1.97. The van der Waals surface area contributed by atoms with Crippen LogP contribution in [0, 0.1) is 23.7 Å². The van der Waals surface area contributed by atoms with E-state index in [2.05, 4.69) is 18.7 Å². The zero-order chi connectivity index (χ0) is 8.13. The molecule has 0 aromatic carbocycles. The molecule has 0 N–H and O–H groups in total. The van der Waals surface area contributed by atoms with Crippen molar-refractivity contribution in [1.82, 2.24) is 0 Å². The van der Waals surface area contributed by atoms with Crippen LogP contribution in [0.1, 0.15) is 25.7 Å². The van der Waals surface area contributed by atoms with Crippen LogP contribution < -0.4 is 0 Å². The molecule has 3 aliphatic rings. The second kappa shape index (κ2) is 2.25. The number of hydrogen-bond donors (Lipinski definition) is 0. The molecule has 0 heteroatoms. The van der Waals surface area contributed by atoms with Crippen molar-refractivity contribution in [2.45, 2.75) is 25.7 Å². The van der Waals surface area contributed by atoms with E-state index < -0.39 is 0 Å². The summed E-state index contributed by atoms with van der Waals surface area (Å²) in [6.45, 7) is 4.24. The van der Waals surface area contributed by atoms with Crippen LogP contribution in [0.15, 0.2) is 24.3 Å². The van der Waals surface area contributed by atoms with Crippen molar-refractivity contribution in [1.29, 1.82) is 0 Å². The summed E-state index contributed by atoms with van der Waals surface area (Å²) in [5, 5.41) is 0. The van der Waals surface area contributed by atoms with E-state index in [1.165, 1.54) is 25.7 Å². The summed E-state index contributed by atoms with van der Waals surface area (Å²) in [6, 6.07) is 0. The SMILES string of the molecule is C=C1CCC[C@H]2[C@@H]1[C@H]1C=C[C@@H]2C1. The maximum atomic E-state index is 4.24. The van der Waals surface area contributed by atoms with Gasteiger partial charge in [-0.05, 0) is 49.4 Å². The molecule has 3 rings (SSSR count). The second-order valence-electron chi connectivity index (χ2n) is 4.69. The van der Waals surface area contributed by atoms with Crippen molar-refractivity contribution in [2.24, 2.45) is 23.7 Å². The maximum absolute atomic E-state index is 4.24. The third-order valence-electron chi connectivity index (χ3n) is 4.13. The van der Waals surface area contributed by atoms with E-state index in [9.17, 15) is 0 Å². The lowest BCUT2D eigenvalue weighted by atomic mass is 9.71. The molecule has 2 fully saturated rings.